The summed E-state index contributed by atoms with van der Waals surface area (Å²) in [5, 5.41) is 6.40. The van der Waals surface area contributed by atoms with Crippen LogP contribution in [0.3, 0.4) is 0 Å². The molecule has 1 fully saturated rings. The fraction of sp³-hybridized carbons (Fsp3) is 0.414. The van der Waals surface area contributed by atoms with Gasteiger partial charge in [-0.15, -0.1) is 0 Å². The second-order valence-electron chi connectivity index (χ2n) is 11.0. The largest absolute Gasteiger partial charge is 0.484 e. The van der Waals surface area contributed by atoms with Gasteiger partial charge in [-0.3, -0.25) is 15.6 Å². The van der Waals surface area contributed by atoms with E-state index in [0.717, 1.165) is 47.8 Å². The molecule has 0 saturated carbocycles. The average molecular weight is 517 g/mol. The van der Waals surface area contributed by atoms with Crippen LogP contribution in [0.15, 0.2) is 48.5 Å². The molecule has 38 heavy (non-hydrogen) atoms. The lowest BCUT2D eigenvalue weighted by molar-refractivity contribution is -0.123. The molecule has 5 rings (SSSR count). The van der Waals surface area contributed by atoms with Crippen molar-refractivity contribution in [1.82, 2.24) is 26.1 Å². The number of rotatable bonds is 8. The number of nitrogens with zero attached hydrogens (tertiary/aromatic N) is 2. The van der Waals surface area contributed by atoms with Gasteiger partial charge in [-0.1, -0.05) is 45.0 Å². The number of benzene rings is 2. The molecule has 2 aliphatic rings. The van der Waals surface area contributed by atoms with Crippen LogP contribution in [-0.2, 0) is 22.6 Å². The summed E-state index contributed by atoms with van der Waals surface area (Å²) < 4.78 is 11.5. The number of hydrazine groups is 1. The maximum Gasteiger partial charge on any atom is 0.257 e. The molecule has 1 aromatic heterocycles. The van der Waals surface area contributed by atoms with E-state index in [1.807, 2.05) is 24.3 Å². The minimum Gasteiger partial charge on any atom is -0.484 e. The van der Waals surface area contributed by atoms with Gasteiger partial charge in [0, 0.05) is 48.8 Å². The van der Waals surface area contributed by atoms with Gasteiger partial charge in [0.05, 0.1) is 18.9 Å². The first-order chi connectivity index (χ1) is 18.3. The Hall–Kier alpha value is -3.53. The Morgan fingerprint density at radius 3 is 2.66 bits per heavy atom. The Morgan fingerprint density at radius 2 is 1.89 bits per heavy atom. The maximum absolute atomic E-state index is 12.2. The molecular weight excluding hydrogens is 480 g/mol. The van der Waals surface area contributed by atoms with E-state index in [2.05, 4.69) is 66.5 Å². The van der Waals surface area contributed by atoms with Crippen molar-refractivity contribution in [3.05, 3.63) is 65.4 Å². The highest BCUT2D eigenvalue weighted by Gasteiger charge is 2.20. The van der Waals surface area contributed by atoms with E-state index in [-0.39, 0.29) is 17.9 Å². The Labute approximate surface area is 223 Å². The Balaban J connectivity index is 1.33. The van der Waals surface area contributed by atoms with Gasteiger partial charge in [0.1, 0.15) is 11.6 Å². The zero-order valence-electron chi connectivity index (χ0n) is 22.3. The minimum atomic E-state index is -0.145. The van der Waals surface area contributed by atoms with Crippen molar-refractivity contribution < 1.29 is 14.3 Å². The summed E-state index contributed by atoms with van der Waals surface area (Å²) in [5.74, 6) is 2.27. The van der Waals surface area contributed by atoms with Crippen LogP contribution < -0.4 is 26.2 Å². The predicted octanol–water partition coefficient (Wildman–Crippen LogP) is 3.69. The van der Waals surface area contributed by atoms with Crippen molar-refractivity contribution in [3.63, 3.8) is 0 Å². The maximum atomic E-state index is 12.2. The quantitative estimate of drug-likeness (QED) is 0.359. The Kier molecular flexibility index (Phi) is 7.87. The van der Waals surface area contributed by atoms with E-state index < -0.39 is 0 Å². The molecule has 1 amide bonds. The van der Waals surface area contributed by atoms with E-state index in [9.17, 15) is 4.79 Å². The number of anilines is 2. The molecule has 2 aromatic carbocycles. The number of fused-ring (bicyclic) bond motifs is 1. The van der Waals surface area contributed by atoms with E-state index in [4.69, 9.17) is 19.4 Å². The highest BCUT2D eigenvalue weighted by atomic mass is 16.5. The third-order valence-corrected chi connectivity index (χ3v) is 6.57. The van der Waals surface area contributed by atoms with Gasteiger partial charge >= 0.3 is 0 Å². The number of amides is 1. The molecule has 9 heteroatoms. The van der Waals surface area contributed by atoms with Gasteiger partial charge in [-0.2, -0.15) is 0 Å². The van der Waals surface area contributed by atoms with Gasteiger partial charge in [0.15, 0.2) is 12.4 Å². The third kappa shape index (κ3) is 6.66. The molecule has 0 radical (unpaired) electrons. The molecule has 0 spiro atoms. The van der Waals surface area contributed by atoms with Gasteiger partial charge in [-0.25, -0.2) is 9.97 Å². The SMILES string of the molecule is CC(C)(C)CNC(=O)COc1cccc(-c2nc3c(c(Nc4ccc(C5CNNC5)cc4)n2)COCC3)c1. The van der Waals surface area contributed by atoms with E-state index in [1.165, 1.54) is 5.56 Å². The lowest BCUT2D eigenvalue weighted by Gasteiger charge is -2.21. The number of aromatic nitrogens is 2. The summed E-state index contributed by atoms with van der Waals surface area (Å²) in [4.78, 5) is 22.0. The topological polar surface area (TPSA) is 109 Å². The smallest absolute Gasteiger partial charge is 0.257 e. The molecule has 9 nitrogen and oxygen atoms in total. The lowest BCUT2D eigenvalue weighted by atomic mass is 9.97. The third-order valence-electron chi connectivity index (χ3n) is 6.57. The van der Waals surface area contributed by atoms with Crippen molar-refractivity contribution in [1.29, 1.82) is 0 Å². The van der Waals surface area contributed by atoms with Crippen molar-refractivity contribution in [3.8, 4) is 17.1 Å². The van der Waals surface area contributed by atoms with E-state index in [1.54, 1.807) is 0 Å². The zero-order chi connectivity index (χ0) is 26.5. The molecule has 4 N–H and O–H groups in total. The number of carbonyl (C=O) groups excluding carboxylic acids is 1. The minimum absolute atomic E-state index is 0.0170. The van der Waals surface area contributed by atoms with Gasteiger partial charge in [0.25, 0.3) is 5.91 Å². The van der Waals surface area contributed by atoms with Gasteiger partial charge < -0.3 is 20.1 Å². The second kappa shape index (κ2) is 11.5. The van der Waals surface area contributed by atoms with Crippen molar-refractivity contribution in [2.24, 2.45) is 5.41 Å². The molecule has 1 saturated heterocycles. The molecule has 3 heterocycles. The Bertz CT molecular complexity index is 1270. The fourth-order valence-electron chi connectivity index (χ4n) is 4.43. The first-order valence-electron chi connectivity index (χ1n) is 13.1. The summed E-state index contributed by atoms with van der Waals surface area (Å²) in [6.45, 7) is 9.74. The molecule has 200 valence electrons. The lowest BCUT2D eigenvalue weighted by Crippen LogP contribution is -2.35. The normalized spacial score (nSPS) is 15.7. The highest BCUT2D eigenvalue weighted by molar-refractivity contribution is 5.77. The van der Waals surface area contributed by atoms with Crippen LogP contribution >= 0.6 is 0 Å². The number of nitrogens with one attached hydrogen (secondary N) is 4. The van der Waals surface area contributed by atoms with Crippen LogP contribution in [0.1, 0.15) is 43.5 Å². The van der Waals surface area contributed by atoms with Gasteiger partial charge in [0.2, 0.25) is 0 Å². The van der Waals surface area contributed by atoms with Crippen LogP contribution in [0, 0.1) is 5.41 Å². The summed E-state index contributed by atoms with van der Waals surface area (Å²) in [6, 6.07) is 16.0. The Morgan fingerprint density at radius 1 is 1.11 bits per heavy atom. The zero-order valence-corrected chi connectivity index (χ0v) is 22.3. The fourth-order valence-corrected chi connectivity index (χ4v) is 4.43. The van der Waals surface area contributed by atoms with Crippen LogP contribution in [0.2, 0.25) is 0 Å². The molecule has 0 unspecified atom stereocenters. The summed E-state index contributed by atoms with van der Waals surface area (Å²) in [6.07, 6.45) is 0.726. The second-order valence-corrected chi connectivity index (χ2v) is 11.0. The van der Waals surface area contributed by atoms with E-state index >= 15 is 0 Å². The average Bonchev–Trinajstić information content (AvgIpc) is 3.46. The molecule has 3 aromatic rings. The predicted molar refractivity (Wildman–Crippen MR) is 147 cm³/mol. The molecule has 2 aliphatic heterocycles. The van der Waals surface area contributed by atoms with E-state index in [0.29, 0.717) is 37.3 Å². The first-order valence-corrected chi connectivity index (χ1v) is 13.1. The summed E-state index contributed by atoms with van der Waals surface area (Å²) >= 11 is 0. The van der Waals surface area contributed by atoms with Crippen molar-refractivity contribution >= 4 is 17.4 Å². The number of carbonyl (C=O) groups is 1. The van der Waals surface area contributed by atoms with Crippen LogP contribution in [0.25, 0.3) is 11.4 Å². The molecule has 0 bridgehead atoms. The van der Waals surface area contributed by atoms with Crippen molar-refractivity contribution in [2.45, 2.75) is 39.7 Å². The summed E-state index contributed by atoms with van der Waals surface area (Å²) in [7, 11) is 0. The van der Waals surface area contributed by atoms with Crippen LogP contribution in [0.5, 0.6) is 5.75 Å². The number of ether oxygens (including phenoxy) is 2. The van der Waals surface area contributed by atoms with Crippen LogP contribution in [0.4, 0.5) is 11.5 Å². The number of hydrogen-bond acceptors (Lipinski definition) is 8. The van der Waals surface area contributed by atoms with Crippen LogP contribution in [-0.4, -0.2) is 48.7 Å². The standard InChI is InChI=1S/C29H36N6O3/c1-29(2,3)18-30-26(36)17-38-23-6-4-5-20(13-23)27-34-25-11-12-37-16-24(25)28(35-27)33-22-9-7-19(8-10-22)21-14-31-32-15-21/h4-10,13,21,31-32H,11-12,14-18H2,1-3H3,(H,30,36)(H,33,34,35). The molecule has 0 atom stereocenters. The molecule has 0 aliphatic carbocycles. The van der Waals surface area contributed by atoms with Crippen molar-refractivity contribution in [2.75, 3.05) is 38.2 Å². The highest BCUT2D eigenvalue weighted by Crippen LogP contribution is 2.30. The number of hydrogen-bond donors (Lipinski definition) is 4. The summed E-state index contributed by atoms with van der Waals surface area (Å²) in [5.41, 5.74) is 11.4. The first kappa shape index (κ1) is 26.1. The van der Waals surface area contributed by atoms with Gasteiger partial charge in [-0.05, 0) is 35.2 Å². The monoisotopic (exact) mass is 516 g/mol. The molecular formula is C29H36N6O3.